The summed E-state index contributed by atoms with van der Waals surface area (Å²) in [7, 11) is 0. The molecule has 0 saturated heterocycles. The molecule has 0 bridgehead atoms. The van der Waals surface area contributed by atoms with E-state index in [1.807, 2.05) is 6.92 Å². The second kappa shape index (κ2) is 6.42. The minimum Gasteiger partial charge on any atom is -0.383 e. The Morgan fingerprint density at radius 3 is 2.67 bits per heavy atom. The zero-order valence-electron chi connectivity index (χ0n) is 10.2. The Morgan fingerprint density at radius 2 is 2.06 bits per heavy atom. The monoisotopic (exact) mass is 262 g/mol. The number of hydrogen-bond acceptors (Lipinski definition) is 4. The Morgan fingerprint density at radius 1 is 1.33 bits per heavy atom. The molecule has 1 aromatic heterocycles. The fraction of sp³-hybridized carbons (Fsp3) is 0.636. The van der Waals surface area contributed by atoms with E-state index in [0.717, 1.165) is 12.0 Å². The quantitative estimate of drug-likeness (QED) is 0.774. The van der Waals surface area contributed by atoms with Gasteiger partial charge in [-0.05, 0) is 12.8 Å². The number of rotatable bonds is 6. The van der Waals surface area contributed by atoms with E-state index in [2.05, 4.69) is 15.3 Å². The molecule has 4 nitrogen and oxygen atoms in total. The molecule has 1 rings (SSSR count). The van der Waals surface area contributed by atoms with Gasteiger partial charge in [0.15, 0.2) is 0 Å². The lowest BCUT2D eigenvalue weighted by molar-refractivity contribution is -0.134. The first-order valence-corrected chi connectivity index (χ1v) is 5.84. The summed E-state index contributed by atoms with van der Waals surface area (Å²) in [5, 5.41) is 2.88. The fourth-order valence-electron chi connectivity index (χ4n) is 1.57. The van der Waals surface area contributed by atoms with Crippen LogP contribution in [0.1, 0.15) is 31.7 Å². The predicted molar refractivity (Wildman–Crippen MR) is 64.2 cm³/mol. The van der Waals surface area contributed by atoms with Gasteiger partial charge in [-0.1, -0.05) is 13.3 Å². The molecule has 0 radical (unpaired) electrons. The number of nitrogens with zero attached hydrogens (tertiary/aromatic N) is 2. The lowest BCUT2D eigenvalue weighted by Gasteiger charge is -2.12. The minimum absolute atomic E-state index is 0.0129. The second-order valence-corrected chi connectivity index (χ2v) is 3.98. The molecule has 0 amide bonds. The van der Waals surface area contributed by atoms with Crippen molar-refractivity contribution in [2.75, 3.05) is 17.6 Å². The third-order valence-corrected chi connectivity index (χ3v) is 2.41. The van der Waals surface area contributed by atoms with Crippen LogP contribution >= 0.6 is 0 Å². The molecule has 7 heteroatoms. The highest BCUT2D eigenvalue weighted by atomic mass is 19.4. The van der Waals surface area contributed by atoms with Crippen LogP contribution in [0, 0.1) is 0 Å². The maximum atomic E-state index is 12.0. The molecular weight excluding hydrogens is 245 g/mol. The van der Waals surface area contributed by atoms with E-state index < -0.39 is 12.6 Å². The first kappa shape index (κ1) is 14.5. The second-order valence-electron chi connectivity index (χ2n) is 3.98. The van der Waals surface area contributed by atoms with E-state index in [-0.39, 0.29) is 13.0 Å². The van der Waals surface area contributed by atoms with Crippen molar-refractivity contribution in [1.29, 1.82) is 0 Å². The van der Waals surface area contributed by atoms with E-state index in [1.165, 1.54) is 6.33 Å². The molecule has 1 heterocycles. The molecule has 0 saturated carbocycles. The van der Waals surface area contributed by atoms with Gasteiger partial charge < -0.3 is 11.1 Å². The number of aromatic nitrogens is 2. The first-order valence-electron chi connectivity index (χ1n) is 5.84. The first-order chi connectivity index (χ1) is 8.44. The van der Waals surface area contributed by atoms with Gasteiger partial charge in [0.2, 0.25) is 0 Å². The average molecular weight is 262 g/mol. The average Bonchev–Trinajstić information content (AvgIpc) is 2.27. The van der Waals surface area contributed by atoms with E-state index >= 15 is 0 Å². The molecule has 18 heavy (non-hydrogen) atoms. The van der Waals surface area contributed by atoms with Crippen LogP contribution in [0.25, 0.3) is 0 Å². The van der Waals surface area contributed by atoms with Crippen molar-refractivity contribution in [3.63, 3.8) is 0 Å². The van der Waals surface area contributed by atoms with Crippen LogP contribution in [-0.2, 0) is 6.42 Å². The fourth-order valence-corrected chi connectivity index (χ4v) is 1.57. The largest absolute Gasteiger partial charge is 0.389 e. The van der Waals surface area contributed by atoms with Crippen LogP contribution in [-0.4, -0.2) is 22.7 Å². The summed E-state index contributed by atoms with van der Waals surface area (Å²) in [5.74, 6) is 0.914. The summed E-state index contributed by atoms with van der Waals surface area (Å²) in [6.07, 6.45) is -2.02. The molecule has 102 valence electrons. The molecule has 0 aliphatic carbocycles. The van der Waals surface area contributed by atoms with Gasteiger partial charge in [-0.3, -0.25) is 0 Å². The number of alkyl halides is 3. The normalized spacial score (nSPS) is 11.6. The maximum Gasteiger partial charge on any atom is 0.389 e. The zero-order valence-corrected chi connectivity index (χ0v) is 10.2. The Hall–Kier alpha value is -1.53. The van der Waals surface area contributed by atoms with Gasteiger partial charge in [0.25, 0.3) is 0 Å². The lowest BCUT2D eigenvalue weighted by atomic mass is 10.1. The predicted octanol–water partition coefficient (Wildman–Crippen LogP) is 2.77. The highest BCUT2D eigenvalue weighted by molar-refractivity contribution is 5.54. The van der Waals surface area contributed by atoms with Crippen LogP contribution in [0.3, 0.4) is 0 Å². The summed E-state index contributed by atoms with van der Waals surface area (Å²) in [4.78, 5) is 7.88. The van der Waals surface area contributed by atoms with Crippen LogP contribution in [0.5, 0.6) is 0 Å². The van der Waals surface area contributed by atoms with Gasteiger partial charge in [-0.2, -0.15) is 13.2 Å². The molecule has 0 fully saturated rings. The van der Waals surface area contributed by atoms with Crippen molar-refractivity contribution in [3.05, 3.63) is 11.9 Å². The van der Waals surface area contributed by atoms with Crippen molar-refractivity contribution < 1.29 is 13.2 Å². The van der Waals surface area contributed by atoms with Gasteiger partial charge in [0.05, 0.1) is 0 Å². The number of nitrogens with one attached hydrogen (secondary N) is 1. The Kier molecular flexibility index (Phi) is 5.18. The van der Waals surface area contributed by atoms with Crippen molar-refractivity contribution in [2.24, 2.45) is 0 Å². The minimum atomic E-state index is -4.11. The number of anilines is 2. The zero-order chi connectivity index (χ0) is 13.6. The van der Waals surface area contributed by atoms with Crippen molar-refractivity contribution in [3.8, 4) is 0 Å². The van der Waals surface area contributed by atoms with Crippen LogP contribution in [0.15, 0.2) is 6.33 Å². The van der Waals surface area contributed by atoms with Crippen LogP contribution in [0.4, 0.5) is 24.8 Å². The summed E-state index contributed by atoms with van der Waals surface area (Å²) in [6.45, 7) is 2.20. The molecule has 1 aromatic rings. The van der Waals surface area contributed by atoms with Gasteiger partial charge in [-0.25, -0.2) is 9.97 Å². The van der Waals surface area contributed by atoms with Gasteiger partial charge >= 0.3 is 6.18 Å². The SMILES string of the molecule is CCCc1c(N)ncnc1NCCCC(F)(F)F. The molecular formula is C11H17F3N4. The molecule has 0 atom stereocenters. The molecule has 0 unspecified atom stereocenters. The maximum absolute atomic E-state index is 12.0. The molecule has 0 aliphatic rings. The third kappa shape index (κ3) is 4.77. The van der Waals surface area contributed by atoms with E-state index in [1.54, 1.807) is 0 Å². The van der Waals surface area contributed by atoms with Crippen LogP contribution in [0.2, 0.25) is 0 Å². The van der Waals surface area contributed by atoms with Gasteiger partial charge in [0, 0.05) is 18.5 Å². The Labute approximate surface area is 104 Å². The lowest BCUT2D eigenvalue weighted by Crippen LogP contribution is -2.13. The highest BCUT2D eigenvalue weighted by Gasteiger charge is 2.25. The Balaban J connectivity index is 2.54. The van der Waals surface area contributed by atoms with Crippen molar-refractivity contribution in [2.45, 2.75) is 38.8 Å². The smallest absolute Gasteiger partial charge is 0.383 e. The van der Waals surface area contributed by atoms with Crippen molar-refractivity contribution >= 4 is 11.6 Å². The van der Waals surface area contributed by atoms with E-state index in [4.69, 9.17) is 5.73 Å². The molecule has 3 N–H and O–H groups in total. The summed E-state index contributed by atoms with van der Waals surface area (Å²) in [5.41, 5.74) is 6.48. The summed E-state index contributed by atoms with van der Waals surface area (Å²) in [6, 6.07) is 0. The van der Waals surface area contributed by atoms with Gasteiger partial charge in [0.1, 0.15) is 18.0 Å². The third-order valence-electron chi connectivity index (χ3n) is 2.41. The molecule has 0 spiro atoms. The number of halogens is 3. The van der Waals surface area contributed by atoms with Crippen molar-refractivity contribution in [1.82, 2.24) is 9.97 Å². The summed E-state index contributed by atoms with van der Waals surface area (Å²) < 4.78 is 35.9. The molecule has 0 aliphatic heterocycles. The number of nitrogens with two attached hydrogens (primary N) is 1. The number of hydrogen-bond donors (Lipinski definition) is 2. The van der Waals surface area contributed by atoms with E-state index in [9.17, 15) is 13.2 Å². The summed E-state index contributed by atoms with van der Waals surface area (Å²) >= 11 is 0. The van der Waals surface area contributed by atoms with E-state index in [0.29, 0.717) is 18.1 Å². The highest BCUT2D eigenvalue weighted by Crippen LogP contribution is 2.22. The standard InChI is InChI=1S/C11H17F3N4/c1-2-4-8-9(15)17-7-18-10(8)16-6-3-5-11(12,13)14/h7H,2-6H2,1H3,(H3,15,16,17,18). The topological polar surface area (TPSA) is 63.8 Å². The van der Waals surface area contributed by atoms with Gasteiger partial charge in [-0.15, -0.1) is 0 Å². The van der Waals surface area contributed by atoms with Crippen LogP contribution < -0.4 is 11.1 Å². The molecule has 0 aromatic carbocycles. The number of nitrogen functional groups attached to an aromatic ring is 1. The Bertz CT molecular complexity index is 379.